The fourth-order valence-corrected chi connectivity index (χ4v) is 2.60. The van der Waals surface area contributed by atoms with Crippen molar-refractivity contribution in [1.82, 2.24) is 4.31 Å². The summed E-state index contributed by atoms with van der Waals surface area (Å²) >= 11 is 0. The molecule has 1 aromatic carbocycles. The number of sulfonamides is 1. The molecule has 0 aromatic heterocycles. The first-order valence-electron chi connectivity index (χ1n) is 5.29. The second kappa shape index (κ2) is 5.96. The van der Waals surface area contributed by atoms with E-state index in [0.29, 0.717) is 6.54 Å². The topological polar surface area (TPSA) is 57.6 Å². The minimum absolute atomic E-state index is 0.0457. The molecular formula is C12H14FNO3S. The monoisotopic (exact) mass is 271 g/mol. The molecule has 0 fully saturated rings. The predicted molar refractivity (Wildman–Crippen MR) is 65.9 cm³/mol. The van der Waals surface area contributed by atoms with Crippen LogP contribution in [-0.2, 0) is 10.0 Å². The van der Waals surface area contributed by atoms with E-state index in [4.69, 9.17) is 5.11 Å². The lowest BCUT2D eigenvalue weighted by Crippen LogP contribution is -2.27. The van der Waals surface area contributed by atoms with E-state index in [1.54, 1.807) is 6.92 Å². The Bertz CT molecular complexity index is 587. The van der Waals surface area contributed by atoms with Gasteiger partial charge < -0.3 is 5.11 Å². The number of benzene rings is 1. The molecule has 0 spiro atoms. The summed E-state index contributed by atoms with van der Waals surface area (Å²) in [5.41, 5.74) is 0.0457. The molecular weight excluding hydrogens is 257 g/mol. The molecule has 1 rings (SSSR count). The Labute approximate surface area is 106 Å². The molecule has 1 N–H and O–H groups in total. The third kappa shape index (κ3) is 3.07. The van der Waals surface area contributed by atoms with Crippen LogP contribution in [0.15, 0.2) is 23.1 Å². The van der Waals surface area contributed by atoms with Gasteiger partial charge in [-0.15, -0.1) is 0 Å². The van der Waals surface area contributed by atoms with Gasteiger partial charge in [-0.3, -0.25) is 0 Å². The van der Waals surface area contributed by atoms with Gasteiger partial charge in [-0.2, -0.15) is 0 Å². The zero-order valence-electron chi connectivity index (χ0n) is 10.1. The summed E-state index contributed by atoms with van der Waals surface area (Å²) < 4.78 is 38.5. The highest BCUT2D eigenvalue weighted by atomic mass is 32.2. The highest BCUT2D eigenvalue weighted by Crippen LogP contribution is 2.19. The lowest BCUT2D eigenvalue weighted by Gasteiger charge is -2.15. The van der Waals surface area contributed by atoms with Gasteiger partial charge in [-0.1, -0.05) is 18.8 Å². The highest BCUT2D eigenvalue weighted by Gasteiger charge is 2.22. The Morgan fingerprint density at radius 3 is 2.67 bits per heavy atom. The molecule has 0 amide bonds. The molecule has 0 bridgehead atoms. The molecule has 0 radical (unpaired) electrons. The zero-order valence-corrected chi connectivity index (χ0v) is 11.0. The van der Waals surface area contributed by atoms with Crippen LogP contribution >= 0.6 is 0 Å². The summed E-state index contributed by atoms with van der Waals surface area (Å²) in [6.45, 7) is 1.58. The van der Waals surface area contributed by atoms with Crippen molar-refractivity contribution in [3.63, 3.8) is 0 Å². The minimum atomic E-state index is -3.68. The molecule has 98 valence electrons. The van der Waals surface area contributed by atoms with Crippen molar-refractivity contribution in [1.29, 1.82) is 0 Å². The highest BCUT2D eigenvalue weighted by molar-refractivity contribution is 7.89. The third-order valence-electron chi connectivity index (χ3n) is 2.38. The molecule has 0 atom stereocenters. The van der Waals surface area contributed by atoms with Gasteiger partial charge in [0.15, 0.2) is 0 Å². The van der Waals surface area contributed by atoms with Crippen LogP contribution in [0.4, 0.5) is 4.39 Å². The Morgan fingerprint density at radius 2 is 2.11 bits per heavy atom. The average molecular weight is 271 g/mol. The lowest BCUT2D eigenvalue weighted by atomic mass is 10.2. The molecule has 1 aromatic rings. The smallest absolute Gasteiger partial charge is 0.244 e. The number of nitrogens with zero attached hydrogens (tertiary/aromatic N) is 1. The van der Waals surface area contributed by atoms with Crippen LogP contribution in [0, 0.1) is 17.7 Å². The van der Waals surface area contributed by atoms with Crippen LogP contribution in [0.5, 0.6) is 0 Å². The second-order valence-corrected chi connectivity index (χ2v) is 5.53. The molecule has 0 aliphatic rings. The molecule has 18 heavy (non-hydrogen) atoms. The van der Waals surface area contributed by atoms with Crippen molar-refractivity contribution < 1.29 is 17.9 Å². The standard InChI is InChI=1S/C12H14FNO3S/c1-3-14(2)18(16,17)12-7-6-11(13)9-10(12)5-4-8-15/h6-7,9,15H,3,8H2,1-2H3. The molecule has 0 aliphatic carbocycles. The first-order chi connectivity index (χ1) is 8.43. The Balaban J connectivity index is 3.41. The van der Waals surface area contributed by atoms with Gasteiger partial charge in [0, 0.05) is 19.2 Å². The molecule has 0 saturated heterocycles. The third-order valence-corrected chi connectivity index (χ3v) is 4.37. The lowest BCUT2D eigenvalue weighted by molar-refractivity contribution is 0.350. The molecule has 0 aliphatic heterocycles. The van der Waals surface area contributed by atoms with E-state index in [1.807, 2.05) is 0 Å². The van der Waals surface area contributed by atoms with Crippen LogP contribution < -0.4 is 0 Å². The average Bonchev–Trinajstić information content (AvgIpc) is 2.34. The van der Waals surface area contributed by atoms with E-state index in [9.17, 15) is 12.8 Å². The maximum atomic E-state index is 13.1. The maximum absolute atomic E-state index is 13.1. The first-order valence-corrected chi connectivity index (χ1v) is 6.73. The minimum Gasteiger partial charge on any atom is -0.384 e. The van der Waals surface area contributed by atoms with Crippen LogP contribution in [0.25, 0.3) is 0 Å². The number of halogens is 1. The van der Waals surface area contributed by atoms with Crippen LogP contribution in [0.3, 0.4) is 0 Å². The van der Waals surface area contributed by atoms with Crippen LogP contribution in [-0.4, -0.2) is 38.0 Å². The molecule has 6 heteroatoms. The van der Waals surface area contributed by atoms with E-state index in [-0.39, 0.29) is 10.5 Å². The van der Waals surface area contributed by atoms with E-state index in [2.05, 4.69) is 11.8 Å². The van der Waals surface area contributed by atoms with Gasteiger partial charge in [-0.25, -0.2) is 17.1 Å². The SMILES string of the molecule is CCN(C)S(=O)(=O)c1ccc(F)cc1C#CCO. The van der Waals surface area contributed by atoms with Gasteiger partial charge in [-0.05, 0) is 18.2 Å². The summed E-state index contributed by atoms with van der Waals surface area (Å²) in [4.78, 5) is -0.0609. The number of hydrogen-bond donors (Lipinski definition) is 1. The van der Waals surface area contributed by atoms with Gasteiger partial charge in [0.25, 0.3) is 0 Å². The van der Waals surface area contributed by atoms with Crippen molar-refractivity contribution in [3.8, 4) is 11.8 Å². The number of aliphatic hydroxyl groups excluding tert-OH is 1. The Kier molecular flexibility index (Phi) is 4.84. The van der Waals surface area contributed by atoms with Gasteiger partial charge in [0.1, 0.15) is 12.4 Å². The first kappa shape index (κ1) is 14.6. The fourth-order valence-electron chi connectivity index (χ4n) is 1.30. The zero-order chi connectivity index (χ0) is 13.8. The van der Waals surface area contributed by atoms with Gasteiger partial charge >= 0.3 is 0 Å². The summed E-state index contributed by atoms with van der Waals surface area (Å²) in [6, 6.07) is 3.29. The van der Waals surface area contributed by atoms with E-state index in [1.165, 1.54) is 13.1 Å². The quantitative estimate of drug-likeness (QED) is 0.828. The summed E-state index contributed by atoms with van der Waals surface area (Å²) in [5.74, 6) is 4.19. The van der Waals surface area contributed by atoms with Gasteiger partial charge in [0.2, 0.25) is 10.0 Å². The van der Waals surface area contributed by atoms with Crippen molar-refractivity contribution >= 4 is 10.0 Å². The molecule has 0 saturated carbocycles. The van der Waals surface area contributed by atoms with Crippen molar-refractivity contribution in [2.45, 2.75) is 11.8 Å². The number of rotatable bonds is 3. The summed E-state index contributed by atoms with van der Waals surface area (Å²) in [5, 5.41) is 8.62. The van der Waals surface area contributed by atoms with E-state index in [0.717, 1.165) is 16.4 Å². The van der Waals surface area contributed by atoms with Crippen molar-refractivity contribution in [2.75, 3.05) is 20.2 Å². The summed E-state index contributed by atoms with van der Waals surface area (Å²) in [7, 11) is -2.25. The van der Waals surface area contributed by atoms with Crippen LogP contribution in [0.2, 0.25) is 0 Å². The largest absolute Gasteiger partial charge is 0.384 e. The summed E-state index contributed by atoms with van der Waals surface area (Å²) in [6.07, 6.45) is 0. The fraction of sp³-hybridized carbons (Fsp3) is 0.333. The number of hydrogen-bond acceptors (Lipinski definition) is 3. The van der Waals surface area contributed by atoms with Crippen LogP contribution in [0.1, 0.15) is 12.5 Å². The van der Waals surface area contributed by atoms with Crippen molar-refractivity contribution in [2.24, 2.45) is 0 Å². The Hall–Kier alpha value is -1.42. The molecule has 0 heterocycles. The van der Waals surface area contributed by atoms with Gasteiger partial charge in [0.05, 0.1) is 4.90 Å². The normalized spacial score (nSPS) is 11.2. The van der Waals surface area contributed by atoms with E-state index >= 15 is 0 Å². The maximum Gasteiger partial charge on any atom is 0.244 e. The Morgan fingerprint density at radius 1 is 1.44 bits per heavy atom. The predicted octanol–water partition coefficient (Wildman–Crippen LogP) is 0.810. The molecule has 0 unspecified atom stereocenters. The second-order valence-electron chi connectivity index (χ2n) is 3.52. The van der Waals surface area contributed by atoms with Crippen molar-refractivity contribution in [3.05, 3.63) is 29.6 Å². The number of aliphatic hydroxyl groups is 1. The van der Waals surface area contributed by atoms with E-state index < -0.39 is 22.4 Å². The molecule has 4 nitrogen and oxygen atoms in total.